The van der Waals surface area contributed by atoms with Gasteiger partial charge in [0.1, 0.15) is 11.6 Å². The van der Waals surface area contributed by atoms with Gasteiger partial charge in [-0.3, -0.25) is 9.00 Å². The monoisotopic (exact) mass is 380 g/mol. The van der Waals surface area contributed by atoms with E-state index in [4.69, 9.17) is 4.74 Å². The first kappa shape index (κ1) is 18.4. The zero-order chi connectivity index (χ0) is 19.2. The molecule has 3 rings (SSSR count). The highest BCUT2D eigenvalue weighted by Gasteiger charge is 2.43. The molecule has 136 valence electrons. The van der Waals surface area contributed by atoms with E-state index in [2.05, 4.69) is 0 Å². The van der Waals surface area contributed by atoms with E-state index < -0.39 is 39.6 Å². The summed E-state index contributed by atoms with van der Waals surface area (Å²) in [7, 11) is -1.51. The number of ether oxygens (including phenoxy) is 1. The molecule has 2 aromatic rings. The minimum absolute atomic E-state index is 0.0207. The lowest BCUT2D eigenvalue weighted by molar-refractivity contribution is -0.125. The van der Waals surface area contributed by atoms with Gasteiger partial charge in [0.05, 0.1) is 21.3 Å². The average Bonchev–Trinajstić information content (AvgIpc) is 2.80. The van der Waals surface area contributed by atoms with Crippen LogP contribution in [-0.4, -0.2) is 21.8 Å². The molecule has 26 heavy (non-hydrogen) atoms. The Morgan fingerprint density at radius 1 is 0.923 bits per heavy atom. The van der Waals surface area contributed by atoms with Crippen LogP contribution in [0.15, 0.2) is 41.3 Å². The van der Waals surface area contributed by atoms with Crippen LogP contribution in [0.3, 0.4) is 0 Å². The van der Waals surface area contributed by atoms with Gasteiger partial charge < -0.3 is 4.74 Å². The maximum Gasteiger partial charge on any atom is 0.210 e. The van der Waals surface area contributed by atoms with Gasteiger partial charge >= 0.3 is 0 Å². The van der Waals surface area contributed by atoms with Gasteiger partial charge in [0.25, 0.3) is 0 Å². The number of carbonyl (C=O) groups excluding carboxylic acids is 1. The van der Waals surface area contributed by atoms with Crippen molar-refractivity contribution in [1.82, 2.24) is 0 Å². The lowest BCUT2D eigenvalue weighted by Crippen LogP contribution is -2.29. The first-order valence-electron chi connectivity index (χ1n) is 7.68. The molecule has 0 fully saturated rings. The van der Waals surface area contributed by atoms with Crippen molar-refractivity contribution in [3.05, 3.63) is 65.0 Å². The summed E-state index contributed by atoms with van der Waals surface area (Å²) < 4.78 is 58.3. The molecule has 0 saturated heterocycles. The van der Waals surface area contributed by atoms with Crippen molar-refractivity contribution < 1.29 is 26.9 Å². The second-order valence-electron chi connectivity index (χ2n) is 6.37. The van der Waals surface area contributed by atoms with Crippen LogP contribution in [-0.2, 0) is 20.3 Å². The molecule has 0 aliphatic carbocycles. The predicted octanol–water partition coefficient (Wildman–Crippen LogP) is 4.09. The summed E-state index contributed by atoms with van der Waals surface area (Å²) in [5, 5.41) is 0. The Bertz CT molecular complexity index is 980. The Balaban J connectivity index is 2.21. The van der Waals surface area contributed by atoms with E-state index >= 15 is 0 Å². The number of benzene rings is 2. The maximum absolute atomic E-state index is 14.2. The zero-order valence-electron chi connectivity index (χ0n) is 14.2. The molecule has 1 aliphatic rings. The molecule has 0 N–H and O–H groups in total. The summed E-state index contributed by atoms with van der Waals surface area (Å²) in [5.74, 6) is -3.21. The quantitative estimate of drug-likeness (QED) is 0.806. The topological polar surface area (TPSA) is 43.4 Å². The molecule has 1 heterocycles. The van der Waals surface area contributed by atoms with Crippen molar-refractivity contribution in [2.45, 2.75) is 24.3 Å². The second-order valence-corrected chi connectivity index (χ2v) is 7.72. The van der Waals surface area contributed by atoms with E-state index in [-0.39, 0.29) is 27.4 Å². The summed E-state index contributed by atoms with van der Waals surface area (Å²) in [6.45, 7) is 3.07. The van der Waals surface area contributed by atoms with Crippen LogP contribution in [0.1, 0.15) is 25.0 Å². The highest BCUT2D eigenvalue weighted by Crippen LogP contribution is 2.41. The molecule has 7 heteroatoms. The number of hydrogen-bond acceptors (Lipinski definition) is 3. The molecule has 1 aliphatic heterocycles. The fraction of sp³-hybridized carbons (Fsp3) is 0.211. The Hall–Kier alpha value is -2.41. The van der Waals surface area contributed by atoms with Gasteiger partial charge in [-0.05, 0) is 49.7 Å². The van der Waals surface area contributed by atoms with Crippen LogP contribution in [0.25, 0.3) is 11.3 Å². The first-order chi connectivity index (χ1) is 12.1. The molecule has 0 spiro atoms. The number of halogens is 3. The third-order valence-electron chi connectivity index (χ3n) is 4.07. The molecule has 1 atom stereocenters. The summed E-state index contributed by atoms with van der Waals surface area (Å²) in [5.41, 5.74) is -0.815. The molecule has 3 nitrogen and oxygen atoms in total. The first-order valence-corrected chi connectivity index (χ1v) is 9.24. The summed E-state index contributed by atoms with van der Waals surface area (Å²) in [6, 6.07) is 7.01. The largest absolute Gasteiger partial charge is 0.478 e. The third kappa shape index (κ3) is 3.07. The molecular formula is C19H15F3O3S. The fourth-order valence-electron chi connectivity index (χ4n) is 2.75. The SMILES string of the molecule is CS(=O)c1ccc(C2=C(c3ccc(F)c(F)c3)C(=O)C(C)(C)O2)cc1F. The summed E-state index contributed by atoms with van der Waals surface area (Å²) in [4.78, 5) is 12.7. The minimum atomic E-state index is -1.51. The number of hydrogen-bond donors (Lipinski definition) is 0. The standard InChI is InChI=1S/C19H15F3O3S/c1-19(2)18(23)16(10-4-6-12(20)13(21)8-10)17(25-19)11-5-7-15(26(3)24)14(22)9-11/h4-9H,1-3H3. The smallest absolute Gasteiger partial charge is 0.210 e. The molecule has 0 amide bonds. The summed E-state index contributed by atoms with van der Waals surface area (Å²) >= 11 is 0. The number of Topliss-reactive ketones (excluding diaryl/α,β-unsaturated/α-hetero) is 1. The van der Waals surface area contributed by atoms with E-state index in [9.17, 15) is 22.2 Å². The van der Waals surface area contributed by atoms with E-state index in [0.717, 1.165) is 18.2 Å². The van der Waals surface area contributed by atoms with Crippen molar-refractivity contribution in [2.75, 3.05) is 6.26 Å². The van der Waals surface area contributed by atoms with E-state index in [1.165, 1.54) is 38.3 Å². The van der Waals surface area contributed by atoms with Crippen LogP contribution in [0, 0.1) is 17.5 Å². The van der Waals surface area contributed by atoms with Gasteiger partial charge in [-0.25, -0.2) is 13.2 Å². The fourth-order valence-corrected chi connectivity index (χ4v) is 3.34. The zero-order valence-corrected chi connectivity index (χ0v) is 15.0. The van der Waals surface area contributed by atoms with Crippen molar-refractivity contribution in [3.63, 3.8) is 0 Å². The Labute approximate surface area is 150 Å². The highest BCUT2D eigenvalue weighted by atomic mass is 32.2. The van der Waals surface area contributed by atoms with Crippen LogP contribution in [0.2, 0.25) is 0 Å². The molecule has 1 unspecified atom stereocenters. The van der Waals surface area contributed by atoms with Gasteiger partial charge in [0.2, 0.25) is 5.78 Å². The summed E-state index contributed by atoms with van der Waals surface area (Å²) in [6.07, 6.45) is 1.35. The van der Waals surface area contributed by atoms with Crippen molar-refractivity contribution in [3.8, 4) is 0 Å². The van der Waals surface area contributed by atoms with Crippen LogP contribution in [0.5, 0.6) is 0 Å². The van der Waals surface area contributed by atoms with E-state index in [1.807, 2.05) is 0 Å². The van der Waals surface area contributed by atoms with E-state index in [0.29, 0.717) is 0 Å². The lowest BCUT2D eigenvalue weighted by atomic mass is 9.92. The van der Waals surface area contributed by atoms with Gasteiger partial charge in [0.15, 0.2) is 17.2 Å². The molecule has 0 aromatic heterocycles. The number of carbonyl (C=O) groups is 1. The Morgan fingerprint density at radius 2 is 1.54 bits per heavy atom. The molecule has 0 radical (unpaired) electrons. The predicted molar refractivity (Wildman–Crippen MR) is 92.1 cm³/mol. The third-order valence-corrected chi connectivity index (χ3v) is 5.02. The van der Waals surface area contributed by atoms with Crippen molar-refractivity contribution in [1.29, 1.82) is 0 Å². The van der Waals surface area contributed by atoms with Gasteiger partial charge in [-0.1, -0.05) is 6.07 Å². The normalized spacial score (nSPS) is 17.4. The number of ketones is 1. The van der Waals surface area contributed by atoms with E-state index in [1.54, 1.807) is 0 Å². The molecule has 0 saturated carbocycles. The maximum atomic E-state index is 14.2. The van der Waals surface area contributed by atoms with Crippen molar-refractivity contribution in [2.24, 2.45) is 0 Å². The second kappa shape index (κ2) is 6.39. The van der Waals surface area contributed by atoms with Crippen LogP contribution in [0.4, 0.5) is 13.2 Å². The molecular weight excluding hydrogens is 365 g/mol. The number of rotatable bonds is 3. The van der Waals surface area contributed by atoms with Gasteiger partial charge in [-0.15, -0.1) is 0 Å². The lowest BCUT2D eigenvalue weighted by Gasteiger charge is -2.18. The van der Waals surface area contributed by atoms with Gasteiger partial charge in [-0.2, -0.15) is 0 Å². The Morgan fingerprint density at radius 3 is 2.12 bits per heavy atom. The van der Waals surface area contributed by atoms with Crippen molar-refractivity contribution >= 4 is 27.9 Å². The van der Waals surface area contributed by atoms with Crippen LogP contribution >= 0.6 is 0 Å². The molecule has 2 aromatic carbocycles. The average molecular weight is 380 g/mol. The Kier molecular flexibility index (Phi) is 4.52. The van der Waals surface area contributed by atoms with Gasteiger partial charge in [0, 0.05) is 11.8 Å². The van der Waals surface area contributed by atoms with Crippen LogP contribution < -0.4 is 0 Å². The highest BCUT2D eigenvalue weighted by molar-refractivity contribution is 7.84. The minimum Gasteiger partial charge on any atom is -0.478 e. The molecule has 0 bridgehead atoms.